The largest absolute Gasteiger partial charge is 0.345 e. The van der Waals surface area contributed by atoms with Crippen LogP contribution < -0.4 is 10.2 Å². The molecule has 4 aromatic rings. The lowest BCUT2D eigenvalue weighted by Crippen LogP contribution is -2.31. The molecule has 7 heteroatoms. The molecule has 2 heterocycles. The van der Waals surface area contributed by atoms with Crippen LogP contribution in [0.1, 0.15) is 37.5 Å². The zero-order valence-corrected chi connectivity index (χ0v) is 20.5. The van der Waals surface area contributed by atoms with Crippen molar-refractivity contribution in [3.63, 3.8) is 0 Å². The maximum atomic E-state index is 13.7. The van der Waals surface area contributed by atoms with Crippen LogP contribution >= 0.6 is 22.6 Å². The highest BCUT2D eigenvalue weighted by Crippen LogP contribution is 2.30. The second kappa shape index (κ2) is 9.06. The predicted molar refractivity (Wildman–Crippen MR) is 139 cm³/mol. The van der Waals surface area contributed by atoms with E-state index in [1.807, 2.05) is 42.6 Å². The second-order valence-corrected chi connectivity index (χ2v) is 9.42. The van der Waals surface area contributed by atoms with E-state index in [-0.39, 0.29) is 11.5 Å². The first-order valence-electron chi connectivity index (χ1n) is 10.8. The molecule has 170 valence electrons. The molecule has 0 atom stereocenters. The van der Waals surface area contributed by atoms with Gasteiger partial charge in [-0.25, -0.2) is 4.39 Å². The number of amides is 2. The highest BCUT2D eigenvalue weighted by atomic mass is 127. The zero-order chi connectivity index (χ0) is 23.8. The Morgan fingerprint density at radius 3 is 2.59 bits per heavy atom. The Bertz CT molecular complexity index is 1430. The number of fused-ring (bicyclic) bond motifs is 2. The van der Waals surface area contributed by atoms with Crippen molar-refractivity contribution in [1.29, 1.82) is 0 Å². The number of benzene rings is 3. The van der Waals surface area contributed by atoms with Gasteiger partial charge >= 0.3 is 0 Å². The summed E-state index contributed by atoms with van der Waals surface area (Å²) in [6.45, 7) is 2.94. The van der Waals surface area contributed by atoms with Gasteiger partial charge in [0.2, 0.25) is 0 Å². The Kier molecular flexibility index (Phi) is 5.95. The van der Waals surface area contributed by atoms with Crippen LogP contribution in [0.25, 0.3) is 0 Å². The van der Waals surface area contributed by atoms with E-state index in [0.29, 0.717) is 33.5 Å². The Morgan fingerprint density at radius 2 is 1.76 bits per heavy atom. The smallest absolute Gasteiger partial charge is 0.259 e. The molecular formula is C27H21FIN3O2. The number of carbonyl (C=O) groups is 2. The summed E-state index contributed by atoms with van der Waals surface area (Å²) in [7, 11) is 0. The SMILES string of the molecule is Cc1ccc(F)cc1C(=O)Nc1ccc(C(=O)N2Cc3cccn3Cc3ccccc32)c(I)c1. The monoisotopic (exact) mass is 565 g/mol. The quantitative estimate of drug-likeness (QED) is 0.310. The molecule has 1 aromatic heterocycles. The van der Waals surface area contributed by atoms with Crippen molar-refractivity contribution in [3.05, 3.63) is 116 Å². The van der Waals surface area contributed by atoms with Crippen molar-refractivity contribution in [2.75, 3.05) is 10.2 Å². The number of halogens is 2. The van der Waals surface area contributed by atoms with Gasteiger partial charge in [0, 0.05) is 38.9 Å². The molecular weight excluding hydrogens is 544 g/mol. The highest BCUT2D eigenvalue weighted by Gasteiger charge is 2.26. The number of rotatable bonds is 3. The summed E-state index contributed by atoms with van der Waals surface area (Å²) >= 11 is 2.11. The van der Waals surface area contributed by atoms with Crippen LogP contribution in [-0.2, 0) is 13.1 Å². The van der Waals surface area contributed by atoms with E-state index in [9.17, 15) is 14.0 Å². The molecule has 1 N–H and O–H groups in total. The van der Waals surface area contributed by atoms with Crippen molar-refractivity contribution in [3.8, 4) is 0 Å². The standard InChI is InChI=1S/C27H21FIN3O2/c1-17-8-9-19(28)13-23(17)26(33)30-20-10-11-22(24(29)14-20)27(34)32-16-21-6-4-12-31(21)15-18-5-2-3-7-25(18)32/h2-14H,15-16H2,1H3,(H,30,33). The number of nitrogens with one attached hydrogen (secondary N) is 1. The van der Waals surface area contributed by atoms with Crippen molar-refractivity contribution >= 4 is 45.8 Å². The van der Waals surface area contributed by atoms with E-state index in [1.54, 1.807) is 36.1 Å². The number of aryl methyl sites for hydroxylation is 1. The Morgan fingerprint density at radius 1 is 0.941 bits per heavy atom. The summed E-state index contributed by atoms with van der Waals surface area (Å²) in [6.07, 6.45) is 2.03. The molecule has 1 aliphatic heterocycles. The fourth-order valence-corrected chi connectivity index (χ4v) is 4.96. The topological polar surface area (TPSA) is 54.3 Å². The Hall–Kier alpha value is -3.46. The van der Waals surface area contributed by atoms with Gasteiger partial charge in [0.1, 0.15) is 5.82 Å². The molecule has 3 aromatic carbocycles. The first kappa shape index (κ1) is 22.3. The molecule has 2 amide bonds. The lowest BCUT2D eigenvalue weighted by atomic mass is 10.1. The number of hydrogen-bond acceptors (Lipinski definition) is 2. The van der Waals surface area contributed by atoms with Crippen molar-refractivity contribution in [2.24, 2.45) is 0 Å². The highest BCUT2D eigenvalue weighted by molar-refractivity contribution is 14.1. The fraction of sp³-hybridized carbons (Fsp3) is 0.111. The minimum Gasteiger partial charge on any atom is -0.345 e. The Labute approximate surface area is 210 Å². The van der Waals surface area contributed by atoms with Crippen LogP contribution in [0.15, 0.2) is 79.0 Å². The lowest BCUT2D eigenvalue weighted by molar-refractivity contribution is 0.0983. The van der Waals surface area contributed by atoms with Gasteiger partial charge in [-0.05, 0) is 89.2 Å². The van der Waals surface area contributed by atoms with E-state index in [1.165, 1.54) is 12.1 Å². The van der Waals surface area contributed by atoms with Gasteiger partial charge in [-0.15, -0.1) is 0 Å². The molecule has 5 rings (SSSR count). The average Bonchev–Trinajstić information content (AvgIpc) is 3.19. The minimum atomic E-state index is -0.463. The summed E-state index contributed by atoms with van der Waals surface area (Å²) in [4.78, 5) is 28.2. The van der Waals surface area contributed by atoms with Gasteiger partial charge < -0.3 is 14.8 Å². The molecule has 0 fully saturated rings. The third-order valence-corrected chi connectivity index (χ3v) is 6.91. The average molecular weight is 565 g/mol. The molecule has 1 aliphatic rings. The van der Waals surface area contributed by atoms with Gasteiger partial charge in [-0.2, -0.15) is 0 Å². The van der Waals surface area contributed by atoms with Crippen LogP contribution in [0.3, 0.4) is 0 Å². The van der Waals surface area contributed by atoms with Crippen LogP contribution in [0.2, 0.25) is 0 Å². The number of hydrogen-bond donors (Lipinski definition) is 1. The number of para-hydroxylation sites is 1. The normalized spacial score (nSPS) is 12.5. The molecule has 0 saturated carbocycles. The van der Waals surface area contributed by atoms with Gasteiger partial charge in [0.25, 0.3) is 11.8 Å². The first-order chi connectivity index (χ1) is 16.4. The summed E-state index contributed by atoms with van der Waals surface area (Å²) in [5, 5.41) is 2.81. The minimum absolute atomic E-state index is 0.106. The molecule has 0 bridgehead atoms. The third kappa shape index (κ3) is 4.23. The maximum absolute atomic E-state index is 13.7. The number of aromatic nitrogens is 1. The fourth-order valence-electron chi connectivity index (χ4n) is 4.22. The van der Waals surface area contributed by atoms with Crippen LogP contribution in [0.5, 0.6) is 0 Å². The molecule has 34 heavy (non-hydrogen) atoms. The molecule has 5 nitrogen and oxygen atoms in total. The van der Waals surface area contributed by atoms with E-state index in [0.717, 1.165) is 16.9 Å². The third-order valence-electron chi connectivity index (χ3n) is 6.01. The number of anilines is 2. The maximum Gasteiger partial charge on any atom is 0.259 e. The summed E-state index contributed by atoms with van der Waals surface area (Å²) in [5.41, 5.74) is 5.09. The second-order valence-electron chi connectivity index (χ2n) is 8.26. The van der Waals surface area contributed by atoms with E-state index < -0.39 is 11.7 Å². The van der Waals surface area contributed by atoms with Gasteiger partial charge in [0.05, 0.1) is 12.1 Å². The van der Waals surface area contributed by atoms with Gasteiger partial charge in [-0.3, -0.25) is 9.59 Å². The van der Waals surface area contributed by atoms with Crippen LogP contribution in [-0.4, -0.2) is 16.4 Å². The number of nitrogens with zero attached hydrogens (tertiary/aromatic N) is 2. The summed E-state index contributed by atoms with van der Waals surface area (Å²) < 4.78 is 16.5. The van der Waals surface area contributed by atoms with Crippen LogP contribution in [0, 0.1) is 16.3 Å². The molecule has 0 aliphatic carbocycles. The number of carbonyl (C=O) groups excluding carboxylic acids is 2. The summed E-state index contributed by atoms with van der Waals surface area (Å²) in [6, 6.07) is 21.3. The van der Waals surface area contributed by atoms with Crippen molar-refractivity contribution < 1.29 is 14.0 Å². The molecule has 0 saturated heterocycles. The van der Waals surface area contributed by atoms with Crippen molar-refractivity contribution in [2.45, 2.75) is 20.0 Å². The van der Waals surface area contributed by atoms with E-state index >= 15 is 0 Å². The molecule has 0 radical (unpaired) electrons. The van der Waals surface area contributed by atoms with Gasteiger partial charge in [0.15, 0.2) is 0 Å². The van der Waals surface area contributed by atoms with E-state index in [4.69, 9.17) is 0 Å². The lowest BCUT2D eigenvalue weighted by Gasteiger charge is -2.23. The van der Waals surface area contributed by atoms with E-state index in [2.05, 4.69) is 32.5 Å². The predicted octanol–water partition coefficient (Wildman–Crippen LogP) is 6.00. The zero-order valence-electron chi connectivity index (χ0n) is 18.4. The Balaban J connectivity index is 1.43. The van der Waals surface area contributed by atoms with Crippen molar-refractivity contribution in [1.82, 2.24) is 4.57 Å². The molecule has 0 spiro atoms. The first-order valence-corrected chi connectivity index (χ1v) is 11.9. The van der Waals surface area contributed by atoms with Crippen LogP contribution in [0.4, 0.5) is 15.8 Å². The molecule has 0 unspecified atom stereocenters. The van der Waals surface area contributed by atoms with Gasteiger partial charge in [-0.1, -0.05) is 24.3 Å². The summed E-state index contributed by atoms with van der Waals surface area (Å²) in [5.74, 6) is -0.963.